The van der Waals surface area contributed by atoms with Crippen LogP contribution in [-0.2, 0) is 6.54 Å². The van der Waals surface area contributed by atoms with Crippen molar-refractivity contribution in [3.63, 3.8) is 0 Å². The Labute approximate surface area is 122 Å². The van der Waals surface area contributed by atoms with Gasteiger partial charge in [0.1, 0.15) is 5.82 Å². The first-order chi connectivity index (χ1) is 10.1. The van der Waals surface area contributed by atoms with Crippen LogP contribution in [0, 0.1) is 11.6 Å². The normalized spacial score (nSPS) is 10.4. The standard InChI is InChI=1S/C16H18F2N2O/c1-2-6-21-16-9-15(14(19)8-13(16)18)20-10-11-4-3-5-12(17)7-11/h3-5,7-9,20H,2,6,10,19H2,1H3. The third kappa shape index (κ3) is 4.08. The fourth-order valence-electron chi connectivity index (χ4n) is 1.89. The molecule has 2 aromatic carbocycles. The smallest absolute Gasteiger partial charge is 0.167 e. The van der Waals surface area contributed by atoms with Crippen molar-refractivity contribution in [3.8, 4) is 5.75 Å². The molecule has 0 aliphatic carbocycles. The maximum atomic E-state index is 13.7. The number of nitrogens with one attached hydrogen (secondary N) is 1. The van der Waals surface area contributed by atoms with Gasteiger partial charge in [0, 0.05) is 18.7 Å². The molecule has 2 aromatic rings. The summed E-state index contributed by atoms with van der Waals surface area (Å²) in [6.07, 6.45) is 0.788. The summed E-state index contributed by atoms with van der Waals surface area (Å²) in [5.41, 5.74) is 7.40. The maximum absolute atomic E-state index is 13.7. The van der Waals surface area contributed by atoms with Crippen molar-refractivity contribution in [2.24, 2.45) is 0 Å². The first-order valence-electron chi connectivity index (χ1n) is 6.80. The molecule has 0 radical (unpaired) electrons. The number of anilines is 2. The van der Waals surface area contributed by atoms with Gasteiger partial charge in [0.15, 0.2) is 11.6 Å². The van der Waals surface area contributed by atoms with Gasteiger partial charge in [-0.05, 0) is 24.1 Å². The molecule has 0 aromatic heterocycles. The second-order valence-electron chi connectivity index (χ2n) is 4.70. The van der Waals surface area contributed by atoms with Crippen molar-refractivity contribution in [1.29, 1.82) is 0 Å². The van der Waals surface area contributed by atoms with E-state index in [1.54, 1.807) is 12.1 Å². The van der Waals surface area contributed by atoms with Crippen molar-refractivity contribution < 1.29 is 13.5 Å². The molecule has 0 unspecified atom stereocenters. The Kier molecular flexibility index (Phi) is 4.98. The highest BCUT2D eigenvalue weighted by molar-refractivity contribution is 5.68. The van der Waals surface area contributed by atoms with E-state index in [0.29, 0.717) is 18.8 Å². The van der Waals surface area contributed by atoms with E-state index >= 15 is 0 Å². The molecule has 0 aliphatic rings. The topological polar surface area (TPSA) is 47.3 Å². The fourth-order valence-corrected chi connectivity index (χ4v) is 1.89. The molecular formula is C16H18F2N2O. The minimum absolute atomic E-state index is 0.160. The monoisotopic (exact) mass is 292 g/mol. The van der Waals surface area contributed by atoms with E-state index < -0.39 is 5.82 Å². The third-order valence-electron chi connectivity index (χ3n) is 2.94. The van der Waals surface area contributed by atoms with Crippen molar-refractivity contribution in [2.45, 2.75) is 19.9 Å². The number of rotatable bonds is 6. The summed E-state index contributed by atoms with van der Waals surface area (Å²) in [5, 5.41) is 3.06. The van der Waals surface area contributed by atoms with E-state index in [4.69, 9.17) is 10.5 Å². The third-order valence-corrected chi connectivity index (χ3v) is 2.94. The lowest BCUT2D eigenvalue weighted by Crippen LogP contribution is -2.05. The molecule has 0 bridgehead atoms. The first-order valence-corrected chi connectivity index (χ1v) is 6.80. The van der Waals surface area contributed by atoms with Crippen molar-refractivity contribution >= 4 is 11.4 Å². The van der Waals surface area contributed by atoms with Crippen LogP contribution in [0.25, 0.3) is 0 Å². The molecule has 2 rings (SSSR count). The Balaban J connectivity index is 2.11. The number of nitrogen functional groups attached to an aromatic ring is 1. The zero-order valence-electron chi connectivity index (χ0n) is 11.8. The number of nitrogens with two attached hydrogens (primary N) is 1. The zero-order valence-corrected chi connectivity index (χ0v) is 11.8. The predicted octanol–water partition coefficient (Wildman–Crippen LogP) is 3.95. The summed E-state index contributed by atoms with van der Waals surface area (Å²) in [6, 6.07) is 8.99. The summed E-state index contributed by atoms with van der Waals surface area (Å²) in [6.45, 7) is 2.77. The quantitative estimate of drug-likeness (QED) is 0.793. The van der Waals surface area contributed by atoms with Crippen LogP contribution in [0.2, 0.25) is 0 Å². The second-order valence-corrected chi connectivity index (χ2v) is 4.70. The second kappa shape index (κ2) is 6.92. The van der Waals surface area contributed by atoms with Gasteiger partial charge in [-0.2, -0.15) is 0 Å². The van der Waals surface area contributed by atoms with Crippen molar-refractivity contribution in [3.05, 3.63) is 53.6 Å². The Bertz CT molecular complexity index is 617. The van der Waals surface area contributed by atoms with Gasteiger partial charge in [0.2, 0.25) is 0 Å². The Morgan fingerprint density at radius 3 is 2.71 bits per heavy atom. The van der Waals surface area contributed by atoms with E-state index in [1.165, 1.54) is 24.3 Å². The lowest BCUT2D eigenvalue weighted by atomic mass is 10.2. The SMILES string of the molecule is CCCOc1cc(NCc2cccc(F)c2)c(N)cc1F. The summed E-state index contributed by atoms with van der Waals surface area (Å²) in [5.74, 6) is -0.626. The zero-order chi connectivity index (χ0) is 15.2. The van der Waals surface area contributed by atoms with Gasteiger partial charge in [0.25, 0.3) is 0 Å². The maximum Gasteiger partial charge on any atom is 0.167 e. The van der Waals surface area contributed by atoms with Crippen molar-refractivity contribution in [2.75, 3.05) is 17.7 Å². The van der Waals surface area contributed by atoms with Crippen LogP contribution in [0.4, 0.5) is 20.2 Å². The van der Waals surface area contributed by atoms with Gasteiger partial charge in [0.05, 0.1) is 18.0 Å². The highest BCUT2D eigenvalue weighted by Gasteiger charge is 2.09. The van der Waals surface area contributed by atoms with Crippen LogP contribution >= 0.6 is 0 Å². The molecule has 5 heteroatoms. The van der Waals surface area contributed by atoms with Crippen molar-refractivity contribution in [1.82, 2.24) is 0 Å². The molecule has 0 saturated heterocycles. The van der Waals surface area contributed by atoms with E-state index in [0.717, 1.165) is 12.0 Å². The molecule has 0 aliphatic heterocycles. The summed E-state index contributed by atoms with van der Waals surface area (Å²) >= 11 is 0. The molecular weight excluding hydrogens is 274 g/mol. The number of hydrogen-bond acceptors (Lipinski definition) is 3. The summed E-state index contributed by atoms with van der Waals surface area (Å²) < 4.78 is 32.1. The highest BCUT2D eigenvalue weighted by Crippen LogP contribution is 2.28. The molecule has 112 valence electrons. The molecule has 0 saturated carbocycles. The minimum Gasteiger partial charge on any atom is -0.490 e. The average Bonchev–Trinajstić information content (AvgIpc) is 2.45. The van der Waals surface area contributed by atoms with Gasteiger partial charge in [-0.25, -0.2) is 8.78 Å². The average molecular weight is 292 g/mol. The molecule has 0 spiro atoms. The van der Waals surface area contributed by atoms with Crippen LogP contribution in [0.3, 0.4) is 0 Å². The number of ether oxygens (including phenoxy) is 1. The van der Waals surface area contributed by atoms with E-state index in [-0.39, 0.29) is 17.3 Å². The minimum atomic E-state index is -0.489. The Morgan fingerprint density at radius 1 is 1.19 bits per heavy atom. The lowest BCUT2D eigenvalue weighted by molar-refractivity contribution is 0.301. The summed E-state index contributed by atoms with van der Waals surface area (Å²) in [4.78, 5) is 0. The van der Waals surface area contributed by atoms with E-state index in [1.807, 2.05) is 6.92 Å². The highest BCUT2D eigenvalue weighted by atomic mass is 19.1. The molecule has 0 atom stereocenters. The Hall–Kier alpha value is -2.30. The summed E-state index contributed by atoms with van der Waals surface area (Å²) in [7, 11) is 0. The molecule has 3 N–H and O–H groups in total. The van der Waals surface area contributed by atoms with Gasteiger partial charge >= 0.3 is 0 Å². The van der Waals surface area contributed by atoms with Crippen LogP contribution in [0.5, 0.6) is 5.75 Å². The van der Waals surface area contributed by atoms with Crippen LogP contribution in [0.1, 0.15) is 18.9 Å². The molecule has 3 nitrogen and oxygen atoms in total. The van der Waals surface area contributed by atoms with Gasteiger partial charge in [-0.15, -0.1) is 0 Å². The number of benzene rings is 2. The number of halogens is 2. The lowest BCUT2D eigenvalue weighted by Gasteiger charge is -2.13. The fraction of sp³-hybridized carbons (Fsp3) is 0.250. The largest absolute Gasteiger partial charge is 0.490 e. The molecule has 0 amide bonds. The predicted molar refractivity (Wildman–Crippen MR) is 80.3 cm³/mol. The molecule has 21 heavy (non-hydrogen) atoms. The Morgan fingerprint density at radius 2 is 2.00 bits per heavy atom. The van der Waals surface area contributed by atoms with Gasteiger partial charge in [-0.1, -0.05) is 19.1 Å². The molecule has 0 fully saturated rings. The van der Waals surface area contributed by atoms with Crippen LogP contribution < -0.4 is 15.8 Å². The van der Waals surface area contributed by atoms with E-state index in [9.17, 15) is 8.78 Å². The van der Waals surface area contributed by atoms with Crippen LogP contribution in [0.15, 0.2) is 36.4 Å². The van der Waals surface area contributed by atoms with Crippen LogP contribution in [-0.4, -0.2) is 6.61 Å². The van der Waals surface area contributed by atoms with Gasteiger partial charge in [-0.3, -0.25) is 0 Å². The van der Waals surface area contributed by atoms with Gasteiger partial charge < -0.3 is 15.8 Å². The first kappa shape index (κ1) is 15.1. The molecule has 0 heterocycles. The van der Waals surface area contributed by atoms with E-state index in [2.05, 4.69) is 5.32 Å². The number of hydrogen-bond donors (Lipinski definition) is 2.